The molecule has 0 N–H and O–H groups in total. The number of methoxy groups -OCH3 is 1. The molecule has 0 bridgehead atoms. The van der Waals surface area contributed by atoms with Crippen molar-refractivity contribution in [2.45, 2.75) is 85.2 Å². The van der Waals surface area contributed by atoms with Crippen LogP contribution < -0.4 is 4.74 Å². The normalized spacial score (nSPS) is 30.1. The zero-order valence-electron chi connectivity index (χ0n) is 19.1. The molecule has 2 aliphatic rings. The Morgan fingerprint density at radius 1 is 1.10 bits per heavy atom. The average molecular weight is 401 g/mol. The predicted molar refractivity (Wildman–Crippen MR) is 118 cm³/mol. The smallest absolute Gasteiger partial charge is 0.338 e. The number of rotatable bonds is 8. The van der Waals surface area contributed by atoms with Gasteiger partial charge in [-0.3, -0.25) is 0 Å². The molecular weight excluding hydrogens is 360 g/mol. The Kier molecular flexibility index (Phi) is 7.29. The van der Waals surface area contributed by atoms with Gasteiger partial charge in [0.1, 0.15) is 11.9 Å². The van der Waals surface area contributed by atoms with E-state index in [9.17, 15) is 4.79 Å². The van der Waals surface area contributed by atoms with Crippen molar-refractivity contribution in [3.05, 3.63) is 29.8 Å². The molecule has 0 aliphatic heterocycles. The highest BCUT2D eigenvalue weighted by molar-refractivity contribution is 5.89. The van der Waals surface area contributed by atoms with E-state index in [1.165, 1.54) is 44.9 Å². The number of fused-ring (bicyclic) bond motifs is 1. The van der Waals surface area contributed by atoms with Crippen molar-refractivity contribution < 1.29 is 14.3 Å². The number of benzene rings is 1. The predicted octanol–water partition coefficient (Wildman–Crippen LogP) is 6.90. The Balaban J connectivity index is 1.63. The minimum absolute atomic E-state index is 0.0659. The maximum absolute atomic E-state index is 12.8. The van der Waals surface area contributed by atoms with E-state index < -0.39 is 0 Å². The number of hydrogen-bond donors (Lipinski definition) is 0. The summed E-state index contributed by atoms with van der Waals surface area (Å²) in [5, 5.41) is 0. The van der Waals surface area contributed by atoms with E-state index >= 15 is 0 Å². The molecule has 3 heteroatoms. The quantitative estimate of drug-likeness (QED) is 0.445. The maximum atomic E-state index is 12.8. The first-order valence-corrected chi connectivity index (χ1v) is 11.7. The van der Waals surface area contributed by atoms with Gasteiger partial charge < -0.3 is 9.47 Å². The summed E-state index contributed by atoms with van der Waals surface area (Å²) in [4.78, 5) is 12.8. The third-order valence-corrected chi connectivity index (χ3v) is 7.85. The number of carbonyl (C=O) groups excluding carboxylic acids is 1. The molecule has 29 heavy (non-hydrogen) atoms. The monoisotopic (exact) mass is 400 g/mol. The Labute approximate surface area is 177 Å². The molecule has 2 saturated carbocycles. The summed E-state index contributed by atoms with van der Waals surface area (Å²) in [6.07, 6.45) is 10.0. The average Bonchev–Trinajstić information content (AvgIpc) is 3.05. The fourth-order valence-electron chi connectivity index (χ4n) is 6.22. The van der Waals surface area contributed by atoms with Gasteiger partial charge in [0.2, 0.25) is 0 Å². The SMILES string of the molecule is COc1ccc(C(=O)O[C@H]2CCC[C@]3(C)[C@@H]([C@H](C)CCCC(C)C)CC[C@@H]23)cc1. The fraction of sp³-hybridized carbons (Fsp3) is 0.731. The van der Waals surface area contributed by atoms with Gasteiger partial charge >= 0.3 is 5.97 Å². The van der Waals surface area contributed by atoms with Gasteiger partial charge in [-0.1, -0.05) is 47.0 Å². The maximum Gasteiger partial charge on any atom is 0.338 e. The molecule has 3 rings (SSSR count). The Morgan fingerprint density at radius 3 is 2.48 bits per heavy atom. The first-order valence-electron chi connectivity index (χ1n) is 11.7. The van der Waals surface area contributed by atoms with Crippen LogP contribution in [0.25, 0.3) is 0 Å². The van der Waals surface area contributed by atoms with E-state index in [0.29, 0.717) is 16.9 Å². The summed E-state index contributed by atoms with van der Waals surface area (Å²) in [5.41, 5.74) is 0.940. The molecule has 2 fully saturated rings. The minimum Gasteiger partial charge on any atom is -0.497 e. The number of ether oxygens (including phenoxy) is 2. The summed E-state index contributed by atoms with van der Waals surface area (Å²) in [6.45, 7) is 9.59. The first kappa shape index (κ1) is 22.2. The number of esters is 1. The van der Waals surface area contributed by atoms with Crippen LogP contribution in [0.4, 0.5) is 0 Å². The third-order valence-electron chi connectivity index (χ3n) is 7.85. The second-order valence-electron chi connectivity index (χ2n) is 10.2. The summed E-state index contributed by atoms with van der Waals surface area (Å²) >= 11 is 0. The summed E-state index contributed by atoms with van der Waals surface area (Å²) < 4.78 is 11.3. The second-order valence-corrected chi connectivity index (χ2v) is 10.2. The summed E-state index contributed by atoms with van der Waals surface area (Å²) in [6, 6.07) is 7.26. The lowest BCUT2D eigenvalue weighted by atomic mass is 9.61. The van der Waals surface area contributed by atoms with E-state index in [-0.39, 0.29) is 12.1 Å². The topological polar surface area (TPSA) is 35.5 Å². The lowest BCUT2D eigenvalue weighted by Crippen LogP contribution is -2.43. The van der Waals surface area contributed by atoms with Crippen LogP contribution in [-0.2, 0) is 4.74 Å². The fourth-order valence-corrected chi connectivity index (χ4v) is 6.22. The molecule has 1 aromatic carbocycles. The van der Waals surface area contributed by atoms with E-state index in [1.807, 2.05) is 12.1 Å². The molecule has 0 aromatic heterocycles. The van der Waals surface area contributed by atoms with E-state index in [2.05, 4.69) is 27.7 Å². The highest BCUT2D eigenvalue weighted by atomic mass is 16.5. The molecule has 0 saturated heterocycles. The molecule has 0 heterocycles. The van der Waals surface area contributed by atoms with Crippen LogP contribution >= 0.6 is 0 Å². The zero-order valence-corrected chi connectivity index (χ0v) is 19.1. The third kappa shape index (κ3) is 4.98. The molecule has 0 spiro atoms. The molecule has 5 atom stereocenters. The molecule has 0 amide bonds. The molecule has 0 unspecified atom stereocenters. The van der Waals surface area contributed by atoms with Gasteiger partial charge in [-0.25, -0.2) is 4.79 Å². The van der Waals surface area contributed by atoms with E-state index in [4.69, 9.17) is 9.47 Å². The highest BCUT2D eigenvalue weighted by Gasteiger charge is 2.53. The molecule has 162 valence electrons. The van der Waals surface area contributed by atoms with Crippen molar-refractivity contribution in [2.24, 2.45) is 29.1 Å². The van der Waals surface area contributed by atoms with Crippen LogP contribution in [0.2, 0.25) is 0 Å². The van der Waals surface area contributed by atoms with E-state index in [0.717, 1.165) is 29.9 Å². The van der Waals surface area contributed by atoms with Crippen LogP contribution in [0.3, 0.4) is 0 Å². The number of carbonyl (C=O) groups is 1. The first-order chi connectivity index (χ1) is 13.8. The molecule has 3 nitrogen and oxygen atoms in total. The second kappa shape index (κ2) is 9.53. The van der Waals surface area contributed by atoms with Crippen LogP contribution in [0.5, 0.6) is 5.75 Å². The van der Waals surface area contributed by atoms with Crippen molar-refractivity contribution in [2.75, 3.05) is 7.11 Å². The van der Waals surface area contributed by atoms with Gasteiger partial charge in [-0.05, 0) is 79.5 Å². The van der Waals surface area contributed by atoms with Crippen molar-refractivity contribution >= 4 is 5.97 Å². The molecule has 1 aromatic rings. The van der Waals surface area contributed by atoms with Crippen molar-refractivity contribution in [3.63, 3.8) is 0 Å². The van der Waals surface area contributed by atoms with Crippen LogP contribution in [-0.4, -0.2) is 19.2 Å². The van der Waals surface area contributed by atoms with E-state index in [1.54, 1.807) is 19.2 Å². The largest absolute Gasteiger partial charge is 0.497 e. The van der Waals surface area contributed by atoms with Crippen molar-refractivity contribution in [1.29, 1.82) is 0 Å². The molecule has 2 aliphatic carbocycles. The van der Waals surface area contributed by atoms with Crippen LogP contribution in [0, 0.1) is 29.1 Å². The standard InChI is InChI=1S/C26H40O3/c1-18(2)8-6-9-19(3)22-15-16-23-24(10-7-17-26(22,23)4)29-25(27)20-11-13-21(28-5)14-12-20/h11-14,18-19,22-24H,6-10,15-17H2,1-5H3/t19-,22-,23+,24+,26-/m1/s1. The van der Waals surface area contributed by atoms with Crippen molar-refractivity contribution in [3.8, 4) is 5.75 Å². The van der Waals surface area contributed by atoms with Gasteiger partial charge in [0.25, 0.3) is 0 Å². The van der Waals surface area contributed by atoms with Gasteiger partial charge in [0.15, 0.2) is 0 Å². The van der Waals surface area contributed by atoms with Crippen LogP contribution in [0.1, 0.15) is 89.4 Å². The van der Waals surface area contributed by atoms with Crippen molar-refractivity contribution in [1.82, 2.24) is 0 Å². The van der Waals surface area contributed by atoms with Gasteiger partial charge in [0.05, 0.1) is 12.7 Å². The summed E-state index contributed by atoms with van der Waals surface area (Å²) in [5.74, 6) is 3.41. The highest BCUT2D eigenvalue weighted by Crippen LogP contribution is 2.58. The Hall–Kier alpha value is -1.51. The number of hydrogen-bond acceptors (Lipinski definition) is 3. The Bertz CT molecular complexity index is 665. The minimum atomic E-state index is -0.185. The van der Waals surface area contributed by atoms with Gasteiger partial charge in [0, 0.05) is 5.92 Å². The lowest BCUT2D eigenvalue weighted by molar-refractivity contribution is -0.0473. The van der Waals surface area contributed by atoms with Crippen LogP contribution in [0.15, 0.2) is 24.3 Å². The molecule has 0 radical (unpaired) electrons. The Morgan fingerprint density at radius 2 is 1.83 bits per heavy atom. The molecular formula is C26H40O3. The van der Waals surface area contributed by atoms with Gasteiger partial charge in [-0.2, -0.15) is 0 Å². The summed E-state index contributed by atoms with van der Waals surface area (Å²) in [7, 11) is 1.64. The lowest BCUT2D eigenvalue weighted by Gasteiger charge is -2.46. The zero-order chi connectivity index (χ0) is 21.0. The van der Waals surface area contributed by atoms with Gasteiger partial charge in [-0.15, -0.1) is 0 Å².